The maximum atomic E-state index is 13.5. The molecule has 2 rings (SSSR count). The standard InChI is InChI=1S/C14H20BrFN2/c1-10-4-3-7-18(13(10)8-17)9-11-5-2-6-12(16)14(11)15/h2,5-6,10,13H,3-4,7-9,17H2,1H3. The molecule has 2 N–H and O–H groups in total. The molecule has 1 saturated heterocycles. The summed E-state index contributed by atoms with van der Waals surface area (Å²) in [6, 6.07) is 5.63. The lowest BCUT2D eigenvalue weighted by atomic mass is 9.90. The van der Waals surface area contributed by atoms with E-state index in [9.17, 15) is 4.39 Å². The second-order valence-corrected chi connectivity index (χ2v) is 5.90. The number of likely N-dealkylation sites (tertiary alicyclic amines) is 1. The second-order valence-electron chi connectivity index (χ2n) is 5.11. The summed E-state index contributed by atoms with van der Waals surface area (Å²) in [6.07, 6.45) is 2.44. The average molecular weight is 315 g/mol. The Hall–Kier alpha value is -0.450. The Kier molecular flexibility index (Phi) is 4.76. The monoisotopic (exact) mass is 314 g/mol. The summed E-state index contributed by atoms with van der Waals surface area (Å²) < 4.78 is 14.1. The highest BCUT2D eigenvalue weighted by molar-refractivity contribution is 9.10. The number of nitrogens with zero attached hydrogens (tertiary/aromatic N) is 1. The molecule has 1 aromatic rings. The SMILES string of the molecule is CC1CCCN(Cc2cccc(F)c2Br)C1CN. The fourth-order valence-corrected chi connectivity index (χ4v) is 3.19. The zero-order valence-electron chi connectivity index (χ0n) is 10.7. The molecule has 0 amide bonds. The molecule has 0 radical (unpaired) electrons. The summed E-state index contributed by atoms with van der Waals surface area (Å²) in [5, 5.41) is 0. The largest absolute Gasteiger partial charge is 0.329 e. The first kappa shape index (κ1) is 14.0. The predicted octanol–water partition coefficient (Wildman–Crippen LogP) is 3.15. The first-order valence-electron chi connectivity index (χ1n) is 6.50. The van der Waals surface area contributed by atoms with Crippen LogP contribution in [0.15, 0.2) is 22.7 Å². The Bertz CT molecular complexity index is 411. The van der Waals surface area contributed by atoms with Gasteiger partial charge in [0.15, 0.2) is 0 Å². The molecule has 0 saturated carbocycles. The third-order valence-corrected chi connectivity index (χ3v) is 4.77. The normalized spacial score (nSPS) is 25.3. The molecule has 0 aromatic heterocycles. The van der Waals surface area contributed by atoms with Crippen LogP contribution in [-0.2, 0) is 6.54 Å². The van der Waals surface area contributed by atoms with Crippen LogP contribution >= 0.6 is 15.9 Å². The van der Waals surface area contributed by atoms with E-state index in [0.29, 0.717) is 23.0 Å². The van der Waals surface area contributed by atoms with Crippen molar-refractivity contribution in [2.75, 3.05) is 13.1 Å². The van der Waals surface area contributed by atoms with Gasteiger partial charge in [0.05, 0.1) is 4.47 Å². The van der Waals surface area contributed by atoms with Crippen LogP contribution in [0.3, 0.4) is 0 Å². The molecule has 1 heterocycles. The smallest absolute Gasteiger partial charge is 0.137 e. The van der Waals surface area contributed by atoms with Gasteiger partial charge in [-0.1, -0.05) is 19.1 Å². The maximum Gasteiger partial charge on any atom is 0.137 e. The van der Waals surface area contributed by atoms with Crippen molar-refractivity contribution in [2.45, 2.75) is 32.4 Å². The molecule has 1 aliphatic rings. The number of benzene rings is 1. The highest BCUT2D eigenvalue weighted by Crippen LogP contribution is 2.27. The van der Waals surface area contributed by atoms with Crippen molar-refractivity contribution >= 4 is 15.9 Å². The van der Waals surface area contributed by atoms with Crippen LogP contribution in [0.5, 0.6) is 0 Å². The van der Waals surface area contributed by atoms with Crippen LogP contribution in [0.25, 0.3) is 0 Å². The van der Waals surface area contributed by atoms with Crippen molar-refractivity contribution in [3.63, 3.8) is 0 Å². The summed E-state index contributed by atoms with van der Waals surface area (Å²) in [6.45, 7) is 4.75. The summed E-state index contributed by atoms with van der Waals surface area (Å²) in [7, 11) is 0. The molecule has 0 aliphatic carbocycles. The first-order valence-corrected chi connectivity index (χ1v) is 7.29. The quantitative estimate of drug-likeness (QED) is 0.928. The van der Waals surface area contributed by atoms with Crippen molar-refractivity contribution in [2.24, 2.45) is 11.7 Å². The van der Waals surface area contributed by atoms with Crippen LogP contribution in [-0.4, -0.2) is 24.0 Å². The van der Waals surface area contributed by atoms with E-state index in [-0.39, 0.29) is 5.82 Å². The van der Waals surface area contributed by atoms with Crippen LogP contribution in [0.4, 0.5) is 4.39 Å². The van der Waals surface area contributed by atoms with Gasteiger partial charge in [0, 0.05) is 19.1 Å². The number of nitrogens with two attached hydrogens (primary N) is 1. The molecule has 18 heavy (non-hydrogen) atoms. The lowest BCUT2D eigenvalue weighted by molar-refractivity contribution is 0.0987. The van der Waals surface area contributed by atoms with E-state index in [1.165, 1.54) is 18.9 Å². The average Bonchev–Trinajstić information content (AvgIpc) is 2.35. The molecule has 1 aromatic carbocycles. The predicted molar refractivity (Wildman–Crippen MR) is 75.8 cm³/mol. The minimum Gasteiger partial charge on any atom is -0.329 e. The number of piperidine rings is 1. The molecule has 2 nitrogen and oxygen atoms in total. The van der Waals surface area contributed by atoms with Crippen molar-refractivity contribution in [1.29, 1.82) is 0 Å². The van der Waals surface area contributed by atoms with Gasteiger partial charge in [-0.2, -0.15) is 0 Å². The van der Waals surface area contributed by atoms with Crippen molar-refractivity contribution in [1.82, 2.24) is 4.90 Å². The highest BCUT2D eigenvalue weighted by Gasteiger charge is 2.27. The van der Waals surface area contributed by atoms with Crippen LogP contribution in [0.2, 0.25) is 0 Å². The molecule has 0 spiro atoms. The summed E-state index contributed by atoms with van der Waals surface area (Å²) >= 11 is 3.33. The van der Waals surface area contributed by atoms with E-state index < -0.39 is 0 Å². The fraction of sp³-hybridized carbons (Fsp3) is 0.571. The van der Waals surface area contributed by atoms with E-state index in [1.54, 1.807) is 6.07 Å². The Morgan fingerprint density at radius 2 is 2.28 bits per heavy atom. The number of hydrogen-bond acceptors (Lipinski definition) is 2. The molecule has 100 valence electrons. The fourth-order valence-electron chi connectivity index (χ4n) is 2.80. The molecule has 0 bridgehead atoms. The van der Waals surface area contributed by atoms with Crippen molar-refractivity contribution < 1.29 is 4.39 Å². The summed E-state index contributed by atoms with van der Waals surface area (Å²) in [4.78, 5) is 2.38. The summed E-state index contributed by atoms with van der Waals surface area (Å²) in [5.74, 6) is 0.429. The van der Waals surface area contributed by atoms with Gasteiger partial charge in [0.1, 0.15) is 5.82 Å². The molecule has 1 aliphatic heterocycles. The zero-order valence-corrected chi connectivity index (χ0v) is 12.3. The Labute approximate surface area is 116 Å². The third kappa shape index (κ3) is 2.92. The molecule has 4 heteroatoms. The summed E-state index contributed by atoms with van der Waals surface area (Å²) in [5.41, 5.74) is 6.88. The topological polar surface area (TPSA) is 29.3 Å². The lowest BCUT2D eigenvalue weighted by Crippen LogP contribution is -2.48. The van der Waals surface area contributed by atoms with E-state index in [2.05, 4.69) is 27.8 Å². The zero-order chi connectivity index (χ0) is 13.1. The minimum atomic E-state index is -0.193. The maximum absolute atomic E-state index is 13.5. The highest BCUT2D eigenvalue weighted by atomic mass is 79.9. The van der Waals surface area contributed by atoms with Crippen molar-refractivity contribution in [3.8, 4) is 0 Å². The van der Waals surface area contributed by atoms with Gasteiger partial charge in [-0.15, -0.1) is 0 Å². The molecular formula is C14H20BrFN2. The van der Waals surface area contributed by atoms with E-state index >= 15 is 0 Å². The van der Waals surface area contributed by atoms with Gasteiger partial charge in [0.2, 0.25) is 0 Å². The Balaban J connectivity index is 2.14. The van der Waals surface area contributed by atoms with Gasteiger partial charge < -0.3 is 5.73 Å². The van der Waals surface area contributed by atoms with Crippen molar-refractivity contribution in [3.05, 3.63) is 34.1 Å². The molecule has 2 atom stereocenters. The van der Waals surface area contributed by atoms with E-state index in [0.717, 1.165) is 18.7 Å². The number of halogens is 2. The van der Waals surface area contributed by atoms with Gasteiger partial charge in [0.25, 0.3) is 0 Å². The first-order chi connectivity index (χ1) is 8.63. The molecule has 1 fully saturated rings. The number of rotatable bonds is 3. The minimum absolute atomic E-state index is 0.193. The van der Waals surface area contributed by atoms with Gasteiger partial charge >= 0.3 is 0 Å². The number of hydrogen-bond donors (Lipinski definition) is 1. The Morgan fingerprint density at radius 3 is 3.00 bits per heavy atom. The van der Waals surface area contributed by atoms with E-state index in [1.807, 2.05) is 6.07 Å². The van der Waals surface area contributed by atoms with Gasteiger partial charge in [-0.05, 0) is 52.9 Å². The second kappa shape index (κ2) is 6.13. The lowest BCUT2D eigenvalue weighted by Gasteiger charge is -2.39. The molecule has 2 unspecified atom stereocenters. The van der Waals surface area contributed by atoms with Gasteiger partial charge in [-0.3, -0.25) is 4.90 Å². The van der Waals surface area contributed by atoms with Gasteiger partial charge in [-0.25, -0.2) is 4.39 Å². The third-order valence-electron chi connectivity index (χ3n) is 3.88. The Morgan fingerprint density at radius 1 is 1.50 bits per heavy atom. The van der Waals surface area contributed by atoms with Crippen LogP contribution < -0.4 is 5.73 Å². The molecular weight excluding hydrogens is 295 g/mol. The van der Waals surface area contributed by atoms with Crippen LogP contribution in [0.1, 0.15) is 25.3 Å². The van der Waals surface area contributed by atoms with E-state index in [4.69, 9.17) is 5.73 Å². The van der Waals surface area contributed by atoms with Crippen LogP contribution in [0, 0.1) is 11.7 Å².